The maximum atomic E-state index is 2.48. The van der Waals surface area contributed by atoms with Crippen molar-refractivity contribution < 1.29 is 0 Å². The van der Waals surface area contributed by atoms with E-state index in [0.29, 0.717) is 6.04 Å². The lowest BCUT2D eigenvalue weighted by Gasteiger charge is -2.35. The molecule has 0 aliphatic carbocycles. The summed E-state index contributed by atoms with van der Waals surface area (Å²) in [5, 5.41) is 3.93. The highest BCUT2D eigenvalue weighted by molar-refractivity contribution is 7.17. The van der Waals surface area contributed by atoms with Crippen molar-refractivity contribution in [3.8, 4) is 0 Å². The summed E-state index contributed by atoms with van der Waals surface area (Å²) < 4.78 is 1.46. The Morgan fingerprint density at radius 3 is 2.70 bits per heavy atom. The Labute approximate surface area is 127 Å². The third-order valence-electron chi connectivity index (χ3n) is 4.48. The minimum atomic E-state index is 0.711. The molecule has 0 radical (unpaired) electrons. The third-order valence-corrected chi connectivity index (χ3v) is 5.45. The van der Waals surface area contributed by atoms with Gasteiger partial charge in [0.05, 0.1) is 0 Å². The van der Waals surface area contributed by atoms with Gasteiger partial charge in [0.2, 0.25) is 0 Å². The Kier molecular flexibility index (Phi) is 5.22. The third kappa shape index (κ3) is 2.91. The molecule has 2 heteroatoms. The van der Waals surface area contributed by atoms with Gasteiger partial charge in [-0.05, 0) is 74.2 Å². The van der Waals surface area contributed by atoms with Crippen LogP contribution in [0.15, 0.2) is 23.6 Å². The second-order valence-electron chi connectivity index (χ2n) is 5.69. The van der Waals surface area contributed by atoms with Crippen molar-refractivity contribution in [1.29, 1.82) is 0 Å². The minimum Gasteiger partial charge on any atom is -0.304 e. The van der Waals surface area contributed by atoms with Crippen molar-refractivity contribution in [3.05, 3.63) is 34.7 Å². The average molecular weight is 289 g/mol. The summed E-state index contributed by atoms with van der Waals surface area (Å²) >= 11 is 1.91. The van der Waals surface area contributed by atoms with E-state index in [9.17, 15) is 0 Å². The summed E-state index contributed by atoms with van der Waals surface area (Å²) in [4.78, 5) is 2.48. The summed E-state index contributed by atoms with van der Waals surface area (Å²) in [6.45, 7) is 9.83. The van der Waals surface area contributed by atoms with Crippen molar-refractivity contribution in [2.45, 2.75) is 52.5 Å². The standard InChI is InChI=1S/C16H21NS.C2H6/c1-11-5-4-6-15-16(11)14(10-18-15)13-7-8-17(3)12(2)9-13;1-2/h4-6,10,12-13H,7-9H2,1-3H3;1-2H3. The van der Waals surface area contributed by atoms with E-state index in [0.717, 1.165) is 5.92 Å². The highest BCUT2D eigenvalue weighted by Crippen LogP contribution is 2.39. The molecule has 1 aliphatic heterocycles. The lowest BCUT2D eigenvalue weighted by molar-refractivity contribution is 0.183. The van der Waals surface area contributed by atoms with Crippen molar-refractivity contribution in [1.82, 2.24) is 4.90 Å². The van der Waals surface area contributed by atoms with E-state index in [4.69, 9.17) is 0 Å². The molecule has 2 heterocycles. The van der Waals surface area contributed by atoms with Crippen LogP contribution in [0, 0.1) is 6.92 Å². The molecule has 0 amide bonds. The summed E-state index contributed by atoms with van der Waals surface area (Å²) in [7, 11) is 2.25. The lowest BCUT2D eigenvalue weighted by atomic mass is 9.85. The molecular weight excluding hydrogens is 262 g/mol. The first-order chi connectivity index (χ1) is 9.66. The number of aryl methyl sites for hydroxylation is 1. The monoisotopic (exact) mass is 289 g/mol. The fraction of sp³-hybridized carbons (Fsp3) is 0.556. The molecule has 20 heavy (non-hydrogen) atoms. The zero-order chi connectivity index (χ0) is 14.7. The first-order valence-electron chi connectivity index (χ1n) is 7.83. The number of hydrogen-bond acceptors (Lipinski definition) is 2. The van der Waals surface area contributed by atoms with E-state index in [-0.39, 0.29) is 0 Å². The topological polar surface area (TPSA) is 3.24 Å². The van der Waals surface area contributed by atoms with Gasteiger partial charge in [0.25, 0.3) is 0 Å². The normalized spacial score (nSPS) is 23.4. The van der Waals surface area contributed by atoms with Crippen LogP contribution in [0.2, 0.25) is 0 Å². The predicted octanol–water partition coefficient (Wildman–Crippen LogP) is 5.43. The Morgan fingerprint density at radius 1 is 1.25 bits per heavy atom. The molecule has 0 N–H and O–H groups in total. The molecule has 1 aromatic heterocycles. The zero-order valence-electron chi connectivity index (χ0n) is 13.4. The van der Waals surface area contributed by atoms with Crippen LogP contribution in [0.5, 0.6) is 0 Å². The van der Waals surface area contributed by atoms with Gasteiger partial charge in [-0.3, -0.25) is 0 Å². The van der Waals surface area contributed by atoms with Crippen LogP contribution < -0.4 is 0 Å². The predicted molar refractivity (Wildman–Crippen MR) is 92.0 cm³/mol. The number of thiophene rings is 1. The van der Waals surface area contributed by atoms with Gasteiger partial charge in [-0.1, -0.05) is 26.0 Å². The Balaban J connectivity index is 0.000000704. The van der Waals surface area contributed by atoms with E-state index in [1.165, 1.54) is 35.0 Å². The summed E-state index contributed by atoms with van der Waals surface area (Å²) in [6, 6.07) is 7.39. The summed E-state index contributed by atoms with van der Waals surface area (Å²) in [5.74, 6) is 0.756. The highest BCUT2D eigenvalue weighted by Gasteiger charge is 2.26. The van der Waals surface area contributed by atoms with E-state index in [1.807, 2.05) is 25.2 Å². The molecule has 2 unspecified atom stereocenters. The molecule has 0 bridgehead atoms. The van der Waals surface area contributed by atoms with E-state index in [1.54, 1.807) is 5.56 Å². The van der Waals surface area contributed by atoms with Gasteiger partial charge < -0.3 is 4.90 Å². The molecule has 0 spiro atoms. The van der Waals surface area contributed by atoms with Crippen LogP contribution in [-0.2, 0) is 0 Å². The zero-order valence-corrected chi connectivity index (χ0v) is 14.3. The van der Waals surface area contributed by atoms with Crippen LogP contribution in [0.25, 0.3) is 10.1 Å². The van der Waals surface area contributed by atoms with Gasteiger partial charge in [-0.25, -0.2) is 0 Å². The van der Waals surface area contributed by atoms with Crippen molar-refractivity contribution in [3.63, 3.8) is 0 Å². The number of nitrogens with zero attached hydrogens (tertiary/aromatic N) is 1. The fourth-order valence-electron chi connectivity index (χ4n) is 3.17. The molecule has 2 atom stereocenters. The van der Waals surface area contributed by atoms with Crippen molar-refractivity contribution in [2.75, 3.05) is 13.6 Å². The fourth-order valence-corrected chi connectivity index (χ4v) is 4.29. The molecular formula is C18H27NS. The molecule has 1 saturated heterocycles. The van der Waals surface area contributed by atoms with Crippen molar-refractivity contribution >= 4 is 21.4 Å². The quantitative estimate of drug-likeness (QED) is 0.676. The van der Waals surface area contributed by atoms with Gasteiger partial charge in [0.15, 0.2) is 0 Å². The maximum Gasteiger partial charge on any atom is 0.0348 e. The van der Waals surface area contributed by atoms with Crippen LogP contribution in [0.1, 0.15) is 50.7 Å². The van der Waals surface area contributed by atoms with Crippen LogP contribution >= 0.6 is 11.3 Å². The molecule has 2 aromatic rings. The lowest BCUT2D eigenvalue weighted by Crippen LogP contribution is -2.36. The Hall–Kier alpha value is -0.860. The number of fused-ring (bicyclic) bond motifs is 1. The van der Waals surface area contributed by atoms with Crippen LogP contribution in [-0.4, -0.2) is 24.5 Å². The molecule has 1 nitrogen and oxygen atoms in total. The van der Waals surface area contributed by atoms with E-state index in [2.05, 4.69) is 49.4 Å². The first-order valence-corrected chi connectivity index (χ1v) is 8.71. The van der Waals surface area contributed by atoms with Crippen molar-refractivity contribution in [2.24, 2.45) is 0 Å². The first kappa shape index (κ1) is 15.5. The molecule has 1 aliphatic rings. The second-order valence-corrected chi connectivity index (χ2v) is 6.60. The van der Waals surface area contributed by atoms with Crippen LogP contribution in [0.4, 0.5) is 0 Å². The smallest absolute Gasteiger partial charge is 0.0348 e. The van der Waals surface area contributed by atoms with E-state index >= 15 is 0 Å². The van der Waals surface area contributed by atoms with Crippen LogP contribution in [0.3, 0.4) is 0 Å². The van der Waals surface area contributed by atoms with Gasteiger partial charge in [0, 0.05) is 10.7 Å². The Bertz CT molecular complexity index is 558. The number of piperidine rings is 1. The number of rotatable bonds is 1. The molecule has 1 aromatic carbocycles. The SMILES string of the molecule is CC.Cc1cccc2scc(C3CCN(C)C(C)C3)c12. The maximum absolute atomic E-state index is 2.48. The number of hydrogen-bond donors (Lipinski definition) is 0. The summed E-state index contributed by atoms with van der Waals surface area (Å²) in [6.07, 6.45) is 2.61. The largest absolute Gasteiger partial charge is 0.304 e. The molecule has 0 saturated carbocycles. The molecule has 110 valence electrons. The minimum absolute atomic E-state index is 0.711. The Morgan fingerprint density at radius 2 is 2.00 bits per heavy atom. The summed E-state index contributed by atoms with van der Waals surface area (Å²) in [5.41, 5.74) is 3.04. The van der Waals surface area contributed by atoms with Gasteiger partial charge in [0.1, 0.15) is 0 Å². The number of likely N-dealkylation sites (tertiary alicyclic amines) is 1. The second kappa shape index (κ2) is 6.73. The van der Waals surface area contributed by atoms with Gasteiger partial charge >= 0.3 is 0 Å². The molecule has 3 rings (SSSR count). The average Bonchev–Trinajstić information content (AvgIpc) is 2.89. The van der Waals surface area contributed by atoms with E-state index < -0.39 is 0 Å². The number of benzene rings is 1. The molecule has 1 fully saturated rings. The highest BCUT2D eigenvalue weighted by atomic mass is 32.1. The van der Waals surface area contributed by atoms with Gasteiger partial charge in [-0.15, -0.1) is 11.3 Å². The van der Waals surface area contributed by atoms with Gasteiger partial charge in [-0.2, -0.15) is 0 Å².